The molecule has 2 heteroatoms. The molecule has 30 heavy (non-hydrogen) atoms. The van der Waals surface area contributed by atoms with Gasteiger partial charge in [-0.15, -0.1) is 0 Å². The summed E-state index contributed by atoms with van der Waals surface area (Å²) in [6, 6.07) is 0. The Morgan fingerprint density at radius 1 is 0.300 bits per heavy atom. The van der Waals surface area contributed by atoms with Gasteiger partial charge in [0.25, 0.3) is 0 Å². The summed E-state index contributed by atoms with van der Waals surface area (Å²) in [5.41, 5.74) is 0. The summed E-state index contributed by atoms with van der Waals surface area (Å²) in [6.45, 7) is 15.2. The van der Waals surface area contributed by atoms with Gasteiger partial charge in [0, 0.05) is 0 Å². The molecule has 0 aromatic heterocycles. The first-order valence-electron chi connectivity index (χ1n) is 14.1. The normalized spacial score (nSPS) is 11.6. The zero-order chi connectivity index (χ0) is 21.5. The average Bonchev–Trinajstić information content (AvgIpc) is 2.73. The van der Waals surface area contributed by atoms with Gasteiger partial charge in [-0.3, -0.25) is 0 Å². The van der Waals surface area contributed by atoms with Crippen molar-refractivity contribution >= 4 is 0 Å². The minimum atomic E-state index is 0. The van der Waals surface area contributed by atoms with Crippen LogP contribution in [-0.4, -0.2) is 36.1 Å². The fourth-order valence-corrected chi connectivity index (χ4v) is 4.87. The van der Waals surface area contributed by atoms with Gasteiger partial charge in [0.05, 0.1) is 26.2 Å². The highest BCUT2D eigenvalue weighted by atomic mass is 16.0. The predicted octanol–water partition coefficient (Wildman–Crippen LogP) is 9.51. The van der Waals surface area contributed by atoms with Gasteiger partial charge in [0.15, 0.2) is 0 Å². The maximum atomic E-state index is 2.34. The van der Waals surface area contributed by atoms with E-state index in [-0.39, 0.29) is 5.48 Å². The summed E-state index contributed by atoms with van der Waals surface area (Å²) in [4.78, 5) is 0. The molecule has 0 aliphatic carbocycles. The van der Waals surface area contributed by atoms with Crippen molar-refractivity contribution in [3.05, 3.63) is 0 Å². The highest BCUT2D eigenvalue weighted by Gasteiger charge is 2.25. The largest absolute Gasteiger partial charge is 0.870 e. The zero-order valence-corrected chi connectivity index (χ0v) is 21.9. The van der Waals surface area contributed by atoms with Gasteiger partial charge in [-0.05, 0) is 51.4 Å². The number of rotatable bonds is 24. The van der Waals surface area contributed by atoms with Crippen molar-refractivity contribution in [2.24, 2.45) is 0 Å². The monoisotopic (exact) mass is 427 g/mol. The summed E-state index contributed by atoms with van der Waals surface area (Å²) in [6.07, 6.45) is 28.8. The van der Waals surface area contributed by atoms with Crippen LogP contribution in [0.1, 0.15) is 156 Å². The molecule has 0 heterocycles. The van der Waals surface area contributed by atoms with Crippen LogP contribution in [0, 0.1) is 0 Å². The van der Waals surface area contributed by atoms with Crippen LogP contribution < -0.4 is 0 Å². The number of unbranched alkanes of at least 4 members (excludes halogenated alkanes) is 16. The van der Waals surface area contributed by atoms with Gasteiger partial charge in [-0.2, -0.15) is 0 Å². The highest BCUT2D eigenvalue weighted by Crippen LogP contribution is 2.20. The molecule has 0 aromatic carbocycles. The lowest BCUT2D eigenvalue weighted by molar-refractivity contribution is -0.929. The molecule has 0 bridgehead atoms. The van der Waals surface area contributed by atoms with E-state index in [9.17, 15) is 0 Å². The van der Waals surface area contributed by atoms with Gasteiger partial charge in [0.1, 0.15) is 0 Å². The summed E-state index contributed by atoms with van der Waals surface area (Å²) in [7, 11) is 0. The lowest BCUT2D eigenvalue weighted by atomic mass is 10.1. The maximum Gasteiger partial charge on any atom is 0.0786 e. The Balaban J connectivity index is 0. The summed E-state index contributed by atoms with van der Waals surface area (Å²) in [5.74, 6) is 0. The van der Waals surface area contributed by atoms with E-state index in [1.165, 1.54) is 159 Å². The third-order valence-electron chi connectivity index (χ3n) is 6.94. The van der Waals surface area contributed by atoms with Gasteiger partial charge >= 0.3 is 0 Å². The van der Waals surface area contributed by atoms with E-state index in [2.05, 4.69) is 27.7 Å². The third-order valence-corrected chi connectivity index (χ3v) is 6.94. The Morgan fingerprint density at radius 2 is 0.500 bits per heavy atom. The van der Waals surface area contributed by atoms with E-state index >= 15 is 0 Å². The summed E-state index contributed by atoms with van der Waals surface area (Å²) >= 11 is 0. The number of hydrogen-bond acceptors (Lipinski definition) is 1. The van der Waals surface area contributed by atoms with E-state index in [0.29, 0.717) is 0 Å². The molecule has 0 unspecified atom stereocenters. The Kier molecular flexibility index (Phi) is 26.9. The van der Waals surface area contributed by atoms with Crippen LogP contribution in [-0.2, 0) is 0 Å². The topological polar surface area (TPSA) is 30.0 Å². The lowest BCUT2D eigenvalue weighted by Crippen LogP contribution is -2.50. The minimum absolute atomic E-state index is 0. The Morgan fingerprint density at radius 3 is 0.700 bits per heavy atom. The van der Waals surface area contributed by atoms with Crippen LogP contribution in [0.4, 0.5) is 0 Å². The Hall–Kier alpha value is -0.0800. The molecule has 184 valence electrons. The lowest BCUT2D eigenvalue weighted by Gasteiger charge is -2.39. The van der Waals surface area contributed by atoms with Crippen molar-refractivity contribution in [2.75, 3.05) is 26.2 Å². The van der Waals surface area contributed by atoms with Crippen LogP contribution in [0.3, 0.4) is 0 Å². The van der Waals surface area contributed by atoms with Crippen molar-refractivity contribution in [3.8, 4) is 0 Å². The molecule has 0 fully saturated rings. The molecule has 0 rings (SSSR count). The van der Waals surface area contributed by atoms with E-state index in [1.54, 1.807) is 0 Å². The maximum absolute atomic E-state index is 2.34. The molecule has 0 aliphatic rings. The molecule has 0 saturated heterocycles. The second-order valence-electron chi connectivity index (χ2n) is 9.89. The smallest absolute Gasteiger partial charge is 0.0786 e. The molecule has 0 aromatic rings. The standard InChI is InChI=1S/C28H60N.H2O/c1-5-9-13-17-21-25-29(26-22-18-14-10-6-2,27-23-19-15-11-7-3)28-24-20-16-12-8-4;/h5-28H2,1-4H3;1H2/q+1;/p-1. The average molecular weight is 428 g/mol. The number of hydrogen-bond donors (Lipinski definition) is 0. The van der Waals surface area contributed by atoms with Crippen molar-refractivity contribution in [1.29, 1.82) is 0 Å². The molecule has 0 atom stereocenters. The highest BCUT2D eigenvalue weighted by molar-refractivity contribution is 4.54. The van der Waals surface area contributed by atoms with Gasteiger partial charge < -0.3 is 9.96 Å². The quantitative estimate of drug-likeness (QED) is 0.111. The summed E-state index contributed by atoms with van der Waals surface area (Å²) < 4.78 is 1.47. The van der Waals surface area contributed by atoms with Crippen LogP contribution in [0.5, 0.6) is 0 Å². The molecule has 0 aliphatic heterocycles. The Labute approximate surface area is 192 Å². The van der Waals surface area contributed by atoms with E-state index < -0.39 is 0 Å². The van der Waals surface area contributed by atoms with E-state index in [4.69, 9.17) is 0 Å². The van der Waals surface area contributed by atoms with Crippen molar-refractivity contribution in [3.63, 3.8) is 0 Å². The SMILES string of the molecule is CCCCCCC[N+](CCCCCCC)(CCCCCCC)CCCCCCC.[OH-]. The van der Waals surface area contributed by atoms with E-state index in [0.717, 1.165) is 0 Å². The van der Waals surface area contributed by atoms with Crippen LogP contribution in [0.25, 0.3) is 0 Å². The molecule has 0 radical (unpaired) electrons. The van der Waals surface area contributed by atoms with Crippen LogP contribution >= 0.6 is 0 Å². The molecular weight excluding hydrogens is 366 g/mol. The number of nitrogens with zero attached hydrogens (tertiary/aromatic N) is 1. The van der Waals surface area contributed by atoms with Crippen LogP contribution in [0.15, 0.2) is 0 Å². The van der Waals surface area contributed by atoms with Crippen LogP contribution in [0.2, 0.25) is 0 Å². The van der Waals surface area contributed by atoms with Gasteiger partial charge in [-0.1, -0.05) is 105 Å². The third kappa shape index (κ3) is 19.9. The number of quaternary nitrogens is 1. The second kappa shape index (κ2) is 25.2. The Bertz CT molecular complexity index is 244. The first-order valence-corrected chi connectivity index (χ1v) is 14.1. The summed E-state index contributed by atoms with van der Waals surface area (Å²) in [5, 5.41) is 0. The fourth-order valence-electron chi connectivity index (χ4n) is 4.87. The predicted molar refractivity (Wildman–Crippen MR) is 137 cm³/mol. The van der Waals surface area contributed by atoms with Gasteiger partial charge in [-0.25, -0.2) is 0 Å². The molecule has 0 spiro atoms. The molecule has 2 nitrogen and oxygen atoms in total. The fraction of sp³-hybridized carbons (Fsp3) is 1.00. The zero-order valence-electron chi connectivity index (χ0n) is 21.9. The minimum Gasteiger partial charge on any atom is -0.870 e. The van der Waals surface area contributed by atoms with E-state index in [1.807, 2.05) is 0 Å². The van der Waals surface area contributed by atoms with Crippen molar-refractivity contribution in [1.82, 2.24) is 0 Å². The second-order valence-corrected chi connectivity index (χ2v) is 9.89. The van der Waals surface area contributed by atoms with Crippen molar-refractivity contribution in [2.45, 2.75) is 156 Å². The molecule has 0 saturated carbocycles. The first-order chi connectivity index (χ1) is 14.2. The van der Waals surface area contributed by atoms with Crippen molar-refractivity contribution < 1.29 is 9.96 Å². The van der Waals surface area contributed by atoms with Gasteiger partial charge in [0.2, 0.25) is 0 Å². The molecule has 0 amide bonds. The molecular formula is C28H61NO. The first kappa shape index (κ1) is 32.1. The molecule has 1 N–H and O–H groups in total.